The number of rotatable bonds is 2. The minimum atomic E-state index is -3.00. The van der Waals surface area contributed by atoms with Gasteiger partial charge >= 0.3 is 0 Å². The SMILES string of the molecule is O=C(Cl)c1[nH]c(=O)c(O)cc1C(F)F. The van der Waals surface area contributed by atoms with Gasteiger partial charge in [0.15, 0.2) is 5.75 Å². The third-order valence-electron chi connectivity index (χ3n) is 1.48. The van der Waals surface area contributed by atoms with Crippen LogP contribution in [-0.2, 0) is 0 Å². The second-order valence-electron chi connectivity index (χ2n) is 2.39. The average molecular weight is 224 g/mol. The molecule has 0 aliphatic rings. The lowest BCUT2D eigenvalue weighted by molar-refractivity contribution is 0.106. The fourth-order valence-corrected chi connectivity index (χ4v) is 1.03. The van der Waals surface area contributed by atoms with Crippen LogP contribution in [0.4, 0.5) is 8.78 Å². The summed E-state index contributed by atoms with van der Waals surface area (Å²) in [7, 11) is 0. The van der Waals surface area contributed by atoms with Crippen molar-refractivity contribution in [3.05, 3.63) is 27.7 Å². The van der Waals surface area contributed by atoms with Gasteiger partial charge in [0.1, 0.15) is 5.69 Å². The van der Waals surface area contributed by atoms with Gasteiger partial charge < -0.3 is 10.1 Å². The van der Waals surface area contributed by atoms with Crippen molar-refractivity contribution in [1.82, 2.24) is 4.98 Å². The van der Waals surface area contributed by atoms with Gasteiger partial charge in [-0.25, -0.2) is 8.78 Å². The Kier molecular flexibility index (Phi) is 2.85. The maximum absolute atomic E-state index is 12.3. The van der Waals surface area contributed by atoms with Crippen LogP contribution in [0.15, 0.2) is 10.9 Å². The van der Waals surface area contributed by atoms with Crippen LogP contribution in [0.3, 0.4) is 0 Å². The highest BCUT2D eigenvalue weighted by Crippen LogP contribution is 2.23. The molecule has 0 fully saturated rings. The molecule has 0 amide bonds. The third-order valence-corrected chi connectivity index (χ3v) is 1.67. The Morgan fingerprint density at radius 2 is 2.14 bits per heavy atom. The summed E-state index contributed by atoms with van der Waals surface area (Å²) in [6, 6.07) is 0.513. The average Bonchev–Trinajstić information content (AvgIpc) is 2.08. The molecule has 0 spiro atoms. The normalized spacial score (nSPS) is 10.6. The van der Waals surface area contributed by atoms with Crippen LogP contribution in [0.25, 0.3) is 0 Å². The molecule has 0 radical (unpaired) electrons. The molecular weight excluding hydrogens is 220 g/mol. The highest BCUT2D eigenvalue weighted by Gasteiger charge is 2.19. The summed E-state index contributed by atoms with van der Waals surface area (Å²) < 4.78 is 24.5. The molecule has 0 saturated heterocycles. The van der Waals surface area contributed by atoms with E-state index in [1.807, 2.05) is 0 Å². The Hall–Kier alpha value is -1.43. The number of hydrogen-bond donors (Lipinski definition) is 2. The number of halogens is 3. The Morgan fingerprint density at radius 1 is 1.57 bits per heavy atom. The number of carbonyl (C=O) groups excluding carboxylic acids is 1. The zero-order chi connectivity index (χ0) is 10.9. The predicted octanol–water partition coefficient (Wildman–Crippen LogP) is 1.40. The number of H-pyrrole nitrogens is 1. The highest BCUT2D eigenvalue weighted by molar-refractivity contribution is 6.67. The van der Waals surface area contributed by atoms with Crippen LogP contribution < -0.4 is 5.56 Å². The predicted molar refractivity (Wildman–Crippen MR) is 43.9 cm³/mol. The van der Waals surface area contributed by atoms with Crippen molar-refractivity contribution in [2.75, 3.05) is 0 Å². The molecule has 0 bridgehead atoms. The highest BCUT2D eigenvalue weighted by atomic mass is 35.5. The monoisotopic (exact) mass is 223 g/mol. The van der Waals surface area contributed by atoms with Crippen LogP contribution in [0.5, 0.6) is 5.75 Å². The fourth-order valence-electron chi connectivity index (χ4n) is 0.869. The van der Waals surface area contributed by atoms with Gasteiger partial charge in [-0.3, -0.25) is 9.59 Å². The van der Waals surface area contributed by atoms with E-state index >= 15 is 0 Å². The molecule has 1 aromatic heterocycles. The molecule has 14 heavy (non-hydrogen) atoms. The molecule has 76 valence electrons. The molecule has 0 aliphatic heterocycles. The van der Waals surface area contributed by atoms with E-state index in [1.165, 1.54) is 0 Å². The minimum Gasteiger partial charge on any atom is -0.503 e. The smallest absolute Gasteiger partial charge is 0.290 e. The van der Waals surface area contributed by atoms with Gasteiger partial charge in [-0.1, -0.05) is 0 Å². The zero-order valence-electron chi connectivity index (χ0n) is 6.55. The second kappa shape index (κ2) is 3.75. The van der Waals surface area contributed by atoms with E-state index in [0.29, 0.717) is 6.07 Å². The summed E-state index contributed by atoms with van der Waals surface area (Å²) in [5, 5.41) is 7.61. The molecule has 0 atom stereocenters. The molecule has 7 heteroatoms. The standard InChI is InChI=1S/C7H4ClF2NO3/c8-5(13)4-2(6(9)10)1-3(12)7(14)11-4/h1,6,12H,(H,11,14). The zero-order valence-corrected chi connectivity index (χ0v) is 7.31. The van der Waals surface area contributed by atoms with E-state index in [4.69, 9.17) is 16.7 Å². The lowest BCUT2D eigenvalue weighted by Gasteiger charge is -2.04. The number of aromatic nitrogens is 1. The van der Waals surface area contributed by atoms with Crippen molar-refractivity contribution in [1.29, 1.82) is 0 Å². The maximum Gasteiger partial charge on any atom is 0.290 e. The van der Waals surface area contributed by atoms with Gasteiger partial charge in [0.25, 0.3) is 17.2 Å². The van der Waals surface area contributed by atoms with Crippen molar-refractivity contribution < 1.29 is 18.7 Å². The first-order valence-electron chi connectivity index (χ1n) is 3.37. The third kappa shape index (κ3) is 1.90. The summed E-state index contributed by atoms with van der Waals surface area (Å²) in [4.78, 5) is 23.1. The van der Waals surface area contributed by atoms with Gasteiger partial charge in [-0.2, -0.15) is 0 Å². The van der Waals surface area contributed by atoms with Crippen molar-refractivity contribution in [2.24, 2.45) is 0 Å². The molecule has 1 heterocycles. The van der Waals surface area contributed by atoms with Gasteiger partial charge in [0.2, 0.25) is 0 Å². The number of pyridine rings is 1. The van der Waals surface area contributed by atoms with Crippen molar-refractivity contribution in [3.8, 4) is 5.75 Å². The summed E-state index contributed by atoms with van der Waals surface area (Å²) in [5.74, 6) is -0.887. The Labute approximate surface area is 81.1 Å². The first kappa shape index (κ1) is 10.6. The molecule has 1 aromatic rings. The number of alkyl halides is 2. The lowest BCUT2D eigenvalue weighted by atomic mass is 10.2. The first-order chi connectivity index (χ1) is 6.43. The van der Waals surface area contributed by atoms with Crippen LogP contribution in [0, 0.1) is 0 Å². The van der Waals surface area contributed by atoms with Gasteiger partial charge in [-0.15, -0.1) is 0 Å². The quantitative estimate of drug-likeness (QED) is 0.745. The maximum atomic E-state index is 12.3. The number of nitrogens with one attached hydrogen (secondary N) is 1. The molecule has 1 rings (SSSR count). The summed E-state index contributed by atoms with van der Waals surface area (Å²) in [6.45, 7) is 0. The molecule has 0 unspecified atom stereocenters. The van der Waals surface area contributed by atoms with Crippen LogP contribution in [0.1, 0.15) is 22.5 Å². The molecular formula is C7H4ClF2NO3. The van der Waals surface area contributed by atoms with Crippen molar-refractivity contribution >= 4 is 16.8 Å². The summed E-state index contributed by atoms with van der Waals surface area (Å²) in [6.07, 6.45) is -3.00. The first-order valence-corrected chi connectivity index (χ1v) is 3.75. The van der Waals surface area contributed by atoms with Gasteiger partial charge in [-0.05, 0) is 17.7 Å². The molecule has 2 N–H and O–H groups in total. The van der Waals surface area contributed by atoms with Crippen molar-refractivity contribution in [3.63, 3.8) is 0 Å². The number of aromatic hydroxyl groups is 1. The Bertz CT molecular complexity index is 429. The number of aromatic amines is 1. The van der Waals surface area contributed by atoms with Crippen LogP contribution in [-0.4, -0.2) is 15.3 Å². The topological polar surface area (TPSA) is 70.2 Å². The van der Waals surface area contributed by atoms with Crippen LogP contribution >= 0.6 is 11.6 Å². The van der Waals surface area contributed by atoms with E-state index in [9.17, 15) is 18.4 Å². The van der Waals surface area contributed by atoms with E-state index in [2.05, 4.69) is 0 Å². The van der Waals surface area contributed by atoms with Crippen molar-refractivity contribution in [2.45, 2.75) is 6.43 Å². The number of carbonyl (C=O) groups is 1. The molecule has 0 aliphatic carbocycles. The number of hydrogen-bond acceptors (Lipinski definition) is 3. The molecule has 0 saturated carbocycles. The van der Waals surface area contributed by atoms with Gasteiger partial charge in [0, 0.05) is 0 Å². The van der Waals surface area contributed by atoms with E-state index in [1.54, 1.807) is 4.98 Å². The largest absolute Gasteiger partial charge is 0.503 e. The molecule has 4 nitrogen and oxygen atoms in total. The summed E-state index contributed by atoms with van der Waals surface area (Å²) in [5.41, 5.74) is -2.55. The fraction of sp³-hybridized carbons (Fsp3) is 0.143. The molecule has 0 aromatic carbocycles. The van der Waals surface area contributed by atoms with E-state index in [0.717, 1.165) is 0 Å². The second-order valence-corrected chi connectivity index (χ2v) is 2.73. The van der Waals surface area contributed by atoms with Crippen LogP contribution in [0.2, 0.25) is 0 Å². The van der Waals surface area contributed by atoms with E-state index < -0.39 is 34.2 Å². The lowest BCUT2D eigenvalue weighted by Crippen LogP contribution is -2.13. The Morgan fingerprint density at radius 3 is 2.57 bits per heavy atom. The van der Waals surface area contributed by atoms with E-state index in [-0.39, 0.29) is 0 Å². The minimum absolute atomic E-state index is 0.513. The van der Waals surface area contributed by atoms with Gasteiger partial charge in [0.05, 0.1) is 5.56 Å². The summed E-state index contributed by atoms with van der Waals surface area (Å²) >= 11 is 4.95. The Balaban J connectivity index is 3.47.